The summed E-state index contributed by atoms with van der Waals surface area (Å²) in [6, 6.07) is 3.09. The van der Waals surface area contributed by atoms with E-state index in [1.165, 1.54) is 0 Å². The van der Waals surface area contributed by atoms with Gasteiger partial charge in [-0.05, 0) is 17.7 Å². The third-order valence-electron chi connectivity index (χ3n) is 2.10. The Labute approximate surface area is 109 Å². The van der Waals surface area contributed by atoms with Crippen LogP contribution in [0.2, 0.25) is 0 Å². The smallest absolute Gasteiger partial charge is 0.161 e. The van der Waals surface area contributed by atoms with Crippen molar-refractivity contribution in [1.82, 2.24) is 0 Å². The zero-order valence-electron chi connectivity index (χ0n) is 9.07. The molecule has 0 aliphatic carbocycles. The van der Waals surface area contributed by atoms with Crippen molar-refractivity contribution in [2.24, 2.45) is 5.73 Å². The molecule has 0 aromatic heterocycles. The number of aliphatic hydroxyl groups excluding tert-OH is 1. The minimum Gasteiger partial charge on any atom is -0.493 e. The molecule has 1 aromatic carbocycles. The number of rotatable bonds is 4. The molecule has 6 heteroatoms. The molecule has 0 radical (unpaired) electrons. The van der Waals surface area contributed by atoms with Gasteiger partial charge in [0, 0.05) is 4.47 Å². The fourth-order valence-corrected chi connectivity index (χ4v) is 1.87. The van der Waals surface area contributed by atoms with Crippen LogP contribution in [0.25, 0.3) is 0 Å². The average molecular weight is 313 g/mol. The highest BCUT2D eigenvalue weighted by molar-refractivity contribution is 9.10. The van der Waals surface area contributed by atoms with Crippen LogP contribution in [-0.4, -0.2) is 25.9 Å². The predicted molar refractivity (Wildman–Crippen MR) is 68.5 cm³/mol. The molecule has 1 atom stereocenters. The van der Waals surface area contributed by atoms with E-state index in [0.717, 1.165) is 10.0 Å². The highest BCUT2D eigenvalue weighted by Gasteiger charge is 2.14. The van der Waals surface area contributed by atoms with Crippen LogP contribution < -0.4 is 15.2 Å². The van der Waals surface area contributed by atoms with E-state index in [0.29, 0.717) is 11.5 Å². The normalized spacial score (nSPS) is 11.6. The van der Waals surface area contributed by atoms with Gasteiger partial charge in [-0.15, -0.1) is 12.4 Å². The van der Waals surface area contributed by atoms with Gasteiger partial charge in [0.1, 0.15) is 0 Å². The largest absolute Gasteiger partial charge is 0.493 e. The molecular weight excluding hydrogens is 297 g/mol. The molecule has 0 saturated carbocycles. The van der Waals surface area contributed by atoms with E-state index < -0.39 is 6.04 Å². The Hall–Kier alpha value is -0.490. The molecule has 4 nitrogen and oxygen atoms in total. The Bertz CT molecular complexity index is 349. The summed E-state index contributed by atoms with van der Waals surface area (Å²) < 4.78 is 11.1. The topological polar surface area (TPSA) is 64.7 Å². The van der Waals surface area contributed by atoms with E-state index in [2.05, 4.69) is 15.9 Å². The van der Waals surface area contributed by atoms with E-state index >= 15 is 0 Å². The van der Waals surface area contributed by atoms with Crippen LogP contribution in [0.15, 0.2) is 16.6 Å². The number of hydrogen-bond acceptors (Lipinski definition) is 4. The lowest BCUT2D eigenvalue weighted by Crippen LogP contribution is -2.15. The van der Waals surface area contributed by atoms with Crippen molar-refractivity contribution in [2.45, 2.75) is 6.04 Å². The van der Waals surface area contributed by atoms with Gasteiger partial charge in [-0.2, -0.15) is 0 Å². The van der Waals surface area contributed by atoms with Gasteiger partial charge in [0.2, 0.25) is 0 Å². The summed E-state index contributed by atoms with van der Waals surface area (Å²) in [5.74, 6) is 1.22. The lowest BCUT2D eigenvalue weighted by molar-refractivity contribution is 0.267. The number of hydrogen-bond donors (Lipinski definition) is 2. The van der Waals surface area contributed by atoms with E-state index in [4.69, 9.17) is 20.3 Å². The fourth-order valence-electron chi connectivity index (χ4n) is 1.25. The molecular formula is C10H15BrClNO3. The fraction of sp³-hybridized carbons (Fsp3) is 0.400. The number of halogens is 2. The van der Waals surface area contributed by atoms with Gasteiger partial charge in [0.15, 0.2) is 11.5 Å². The lowest BCUT2D eigenvalue weighted by Gasteiger charge is -2.15. The summed E-state index contributed by atoms with van der Waals surface area (Å²) in [7, 11) is 3.12. The molecule has 0 amide bonds. The van der Waals surface area contributed by atoms with Gasteiger partial charge in [0.05, 0.1) is 26.9 Å². The SMILES string of the molecule is COc1cc(Br)c([C@H](N)CO)cc1OC.Cl. The summed E-state index contributed by atoms with van der Waals surface area (Å²) in [6.07, 6.45) is 0. The molecule has 0 heterocycles. The van der Waals surface area contributed by atoms with Crippen LogP contribution in [0, 0.1) is 0 Å². The quantitative estimate of drug-likeness (QED) is 0.891. The zero-order valence-corrected chi connectivity index (χ0v) is 11.5. The first-order chi connectivity index (χ1) is 7.13. The summed E-state index contributed by atoms with van der Waals surface area (Å²) >= 11 is 3.37. The van der Waals surface area contributed by atoms with Crippen LogP contribution in [0.4, 0.5) is 0 Å². The third kappa shape index (κ3) is 3.25. The van der Waals surface area contributed by atoms with Crippen molar-refractivity contribution in [3.05, 3.63) is 22.2 Å². The number of nitrogens with two attached hydrogens (primary N) is 1. The number of benzene rings is 1. The summed E-state index contributed by atoms with van der Waals surface area (Å²) in [6.45, 7) is -0.117. The second kappa shape index (κ2) is 6.96. The molecule has 0 aliphatic rings. The summed E-state index contributed by atoms with van der Waals surface area (Å²) in [5, 5.41) is 8.98. The highest BCUT2D eigenvalue weighted by atomic mass is 79.9. The Morgan fingerprint density at radius 2 is 1.81 bits per heavy atom. The minimum absolute atomic E-state index is 0. The average Bonchev–Trinajstić information content (AvgIpc) is 2.27. The van der Waals surface area contributed by atoms with Crippen LogP contribution in [0.1, 0.15) is 11.6 Å². The van der Waals surface area contributed by atoms with Crippen LogP contribution in [-0.2, 0) is 0 Å². The molecule has 0 fully saturated rings. The molecule has 16 heavy (non-hydrogen) atoms. The van der Waals surface area contributed by atoms with Gasteiger partial charge in [0.25, 0.3) is 0 Å². The Balaban J connectivity index is 0.00000225. The zero-order chi connectivity index (χ0) is 11.4. The summed E-state index contributed by atoms with van der Waals surface area (Å²) in [5.41, 5.74) is 6.52. The highest BCUT2D eigenvalue weighted by Crippen LogP contribution is 2.35. The molecule has 0 spiro atoms. The van der Waals surface area contributed by atoms with Crippen molar-refractivity contribution in [3.8, 4) is 11.5 Å². The molecule has 0 bridgehead atoms. The molecule has 0 saturated heterocycles. The van der Waals surface area contributed by atoms with Crippen molar-refractivity contribution in [1.29, 1.82) is 0 Å². The Morgan fingerprint density at radius 3 is 2.25 bits per heavy atom. The van der Waals surface area contributed by atoms with Gasteiger partial charge < -0.3 is 20.3 Å². The van der Waals surface area contributed by atoms with Gasteiger partial charge in [-0.25, -0.2) is 0 Å². The third-order valence-corrected chi connectivity index (χ3v) is 2.79. The van der Waals surface area contributed by atoms with E-state index in [1.54, 1.807) is 26.4 Å². The molecule has 1 aromatic rings. The van der Waals surface area contributed by atoms with Gasteiger partial charge >= 0.3 is 0 Å². The van der Waals surface area contributed by atoms with E-state index in [-0.39, 0.29) is 19.0 Å². The lowest BCUT2D eigenvalue weighted by atomic mass is 10.1. The maximum Gasteiger partial charge on any atom is 0.161 e. The molecule has 3 N–H and O–H groups in total. The Morgan fingerprint density at radius 1 is 1.31 bits per heavy atom. The molecule has 0 unspecified atom stereocenters. The summed E-state index contributed by atoms with van der Waals surface area (Å²) in [4.78, 5) is 0. The van der Waals surface area contributed by atoms with Crippen molar-refractivity contribution < 1.29 is 14.6 Å². The number of aliphatic hydroxyl groups is 1. The van der Waals surface area contributed by atoms with Crippen molar-refractivity contribution in [3.63, 3.8) is 0 Å². The van der Waals surface area contributed by atoms with Crippen molar-refractivity contribution >= 4 is 28.3 Å². The predicted octanol–water partition coefficient (Wildman–Crippen LogP) is 1.88. The van der Waals surface area contributed by atoms with Gasteiger partial charge in [-0.1, -0.05) is 15.9 Å². The van der Waals surface area contributed by atoms with Crippen LogP contribution in [0.5, 0.6) is 11.5 Å². The maximum atomic E-state index is 8.98. The van der Waals surface area contributed by atoms with E-state index in [9.17, 15) is 0 Å². The van der Waals surface area contributed by atoms with Crippen LogP contribution in [0.3, 0.4) is 0 Å². The monoisotopic (exact) mass is 311 g/mol. The first kappa shape index (κ1) is 15.5. The first-order valence-electron chi connectivity index (χ1n) is 4.41. The maximum absolute atomic E-state index is 8.98. The second-order valence-corrected chi connectivity index (χ2v) is 3.87. The first-order valence-corrected chi connectivity index (χ1v) is 5.21. The number of methoxy groups -OCH3 is 2. The standard InChI is InChI=1S/C10H14BrNO3.ClH/c1-14-9-3-6(8(12)5-13)7(11)4-10(9)15-2;/h3-4,8,13H,5,12H2,1-2H3;1H/t8-;/m1./s1. The molecule has 0 aliphatic heterocycles. The minimum atomic E-state index is -0.431. The molecule has 92 valence electrons. The van der Waals surface area contributed by atoms with Crippen molar-refractivity contribution in [2.75, 3.05) is 20.8 Å². The second-order valence-electron chi connectivity index (χ2n) is 3.02. The Kier molecular flexibility index (Phi) is 6.74. The molecule has 1 rings (SSSR count). The number of ether oxygens (including phenoxy) is 2. The van der Waals surface area contributed by atoms with Crippen LogP contribution >= 0.6 is 28.3 Å². The van der Waals surface area contributed by atoms with E-state index in [1.807, 2.05) is 0 Å². The van der Waals surface area contributed by atoms with Gasteiger partial charge in [-0.3, -0.25) is 0 Å².